The van der Waals surface area contributed by atoms with Crippen LogP contribution < -0.4 is 5.32 Å². The molecule has 0 unspecified atom stereocenters. The molecule has 0 spiro atoms. The van der Waals surface area contributed by atoms with Gasteiger partial charge >= 0.3 is 0 Å². The van der Waals surface area contributed by atoms with Crippen LogP contribution in [0.2, 0.25) is 0 Å². The molecular weight excluding hydrogens is 219 g/mol. The number of hydrogen-bond donors (Lipinski definition) is 1. The van der Waals surface area contributed by atoms with Crippen molar-refractivity contribution in [1.29, 1.82) is 0 Å². The Morgan fingerprint density at radius 3 is 2.33 bits per heavy atom. The topological polar surface area (TPSA) is 49.4 Å². The van der Waals surface area contributed by atoms with Crippen LogP contribution >= 0.6 is 0 Å². The summed E-state index contributed by atoms with van der Waals surface area (Å²) in [5.41, 5.74) is 0.271. The zero-order valence-electron chi connectivity index (χ0n) is 8.78. The van der Waals surface area contributed by atoms with Gasteiger partial charge in [0.2, 0.25) is 10.0 Å². The minimum Gasteiger partial charge on any atom is -0.386 e. The minimum atomic E-state index is -3.56. The Morgan fingerprint density at radius 1 is 1.33 bits per heavy atom. The average Bonchev–Trinajstić information content (AvgIpc) is 2.17. The van der Waals surface area contributed by atoms with E-state index in [9.17, 15) is 12.8 Å². The van der Waals surface area contributed by atoms with Gasteiger partial charge in [-0.1, -0.05) is 0 Å². The van der Waals surface area contributed by atoms with Crippen LogP contribution in [0.3, 0.4) is 0 Å². The fraction of sp³-hybridized carbons (Fsp3) is 0.333. The highest BCUT2D eigenvalue weighted by atomic mass is 32.2. The summed E-state index contributed by atoms with van der Waals surface area (Å²) in [5, 5.41) is 2.62. The first-order chi connectivity index (χ1) is 6.89. The van der Waals surface area contributed by atoms with Gasteiger partial charge in [0.15, 0.2) is 0 Å². The maximum atomic E-state index is 13.3. The second-order valence-electron chi connectivity index (χ2n) is 3.18. The summed E-state index contributed by atoms with van der Waals surface area (Å²) in [6, 6.07) is 3.76. The average molecular weight is 232 g/mol. The Labute approximate surface area is 88.8 Å². The first kappa shape index (κ1) is 11.9. The highest BCUT2D eigenvalue weighted by Crippen LogP contribution is 2.19. The van der Waals surface area contributed by atoms with E-state index in [4.69, 9.17) is 0 Å². The molecule has 0 radical (unpaired) electrons. The lowest BCUT2D eigenvalue weighted by Crippen LogP contribution is -2.22. The van der Waals surface area contributed by atoms with Crippen LogP contribution in [0, 0.1) is 5.82 Å². The van der Waals surface area contributed by atoms with Crippen LogP contribution in [0.5, 0.6) is 0 Å². The maximum Gasteiger partial charge on any atom is 0.242 e. The van der Waals surface area contributed by atoms with E-state index in [-0.39, 0.29) is 10.6 Å². The summed E-state index contributed by atoms with van der Waals surface area (Å²) in [6.45, 7) is 0. The van der Waals surface area contributed by atoms with Crippen molar-refractivity contribution in [2.45, 2.75) is 4.90 Å². The summed E-state index contributed by atoms with van der Waals surface area (Å²) < 4.78 is 37.6. The van der Waals surface area contributed by atoms with Gasteiger partial charge in [-0.2, -0.15) is 0 Å². The molecule has 0 aromatic heterocycles. The van der Waals surface area contributed by atoms with E-state index < -0.39 is 15.8 Å². The molecular formula is C9H13FN2O2S. The molecule has 0 atom stereocenters. The van der Waals surface area contributed by atoms with Crippen LogP contribution in [-0.4, -0.2) is 33.9 Å². The molecule has 84 valence electrons. The van der Waals surface area contributed by atoms with Gasteiger partial charge in [-0.25, -0.2) is 17.1 Å². The van der Waals surface area contributed by atoms with Gasteiger partial charge in [-0.3, -0.25) is 0 Å². The highest BCUT2D eigenvalue weighted by molar-refractivity contribution is 7.89. The molecule has 0 heterocycles. The number of benzene rings is 1. The normalized spacial score (nSPS) is 11.8. The van der Waals surface area contributed by atoms with E-state index in [1.54, 1.807) is 7.05 Å². The molecule has 0 aliphatic heterocycles. The Morgan fingerprint density at radius 2 is 1.93 bits per heavy atom. The van der Waals surface area contributed by atoms with Crippen LogP contribution in [-0.2, 0) is 10.0 Å². The predicted octanol–water partition coefficient (Wildman–Crippen LogP) is 1.12. The van der Waals surface area contributed by atoms with Crippen LogP contribution in [0.25, 0.3) is 0 Å². The SMILES string of the molecule is CNc1ccc(S(=O)(=O)N(C)C)cc1F. The van der Waals surface area contributed by atoms with Gasteiger partial charge < -0.3 is 5.32 Å². The molecule has 0 aliphatic rings. The molecule has 1 aromatic rings. The first-order valence-corrected chi connectivity index (χ1v) is 5.73. The summed E-state index contributed by atoms with van der Waals surface area (Å²) in [7, 11) is 0.813. The van der Waals surface area contributed by atoms with Crippen molar-refractivity contribution in [3.63, 3.8) is 0 Å². The predicted molar refractivity (Wildman–Crippen MR) is 56.8 cm³/mol. The van der Waals surface area contributed by atoms with Crippen molar-refractivity contribution in [3.8, 4) is 0 Å². The largest absolute Gasteiger partial charge is 0.386 e. The molecule has 6 heteroatoms. The van der Waals surface area contributed by atoms with Crippen molar-refractivity contribution >= 4 is 15.7 Å². The lowest BCUT2D eigenvalue weighted by Gasteiger charge is -2.12. The zero-order valence-corrected chi connectivity index (χ0v) is 9.60. The molecule has 4 nitrogen and oxygen atoms in total. The van der Waals surface area contributed by atoms with Gasteiger partial charge in [0.05, 0.1) is 10.6 Å². The number of hydrogen-bond acceptors (Lipinski definition) is 3. The standard InChI is InChI=1S/C9H13FN2O2S/c1-11-9-5-4-7(6-8(9)10)15(13,14)12(2)3/h4-6,11H,1-3H3. The molecule has 0 fully saturated rings. The number of anilines is 1. The molecule has 0 amide bonds. The van der Waals surface area contributed by atoms with Gasteiger partial charge in [0, 0.05) is 21.1 Å². The highest BCUT2D eigenvalue weighted by Gasteiger charge is 2.18. The minimum absolute atomic E-state index is 0.0519. The molecule has 0 aliphatic carbocycles. The Hall–Kier alpha value is -1.14. The van der Waals surface area contributed by atoms with Gasteiger partial charge in [0.25, 0.3) is 0 Å². The number of nitrogens with one attached hydrogen (secondary N) is 1. The molecule has 0 saturated carbocycles. The quantitative estimate of drug-likeness (QED) is 0.849. The van der Waals surface area contributed by atoms with Crippen molar-refractivity contribution < 1.29 is 12.8 Å². The fourth-order valence-corrected chi connectivity index (χ4v) is 1.98. The van der Waals surface area contributed by atoms with E-state index in [1.807, 2.05) is 0 Å². The monoisotopic (exact) mass is 232 g/mol. The summed E-state index contributed by atoms with van der Waals surface area (Å²) in [6.07, 6.45) is 0. The zero-order chi connectivity index (χ0) is 11.6. The van der Waals surface area contributed by atoms with Gasteiger partial charge in [-0.15, -0.1) is 0 Å². The van der Waals surface area contributed by atoms with Crippen molar-refractivity contribution in [2.24, 2.45) is 0 Å². The van der Waals surface area contributed by atoms with Crippen LogP contribution in [0.15, 0.2) is 23.1 Å². The molecule has 1 aromatic carbocycles. The van der Waals surface area contributed by atoms with E-state index in [0.29, 0.717) is 0 Å². The second kappa shape index (κ2) is 4.16. The lowest BCUT2D eigenvalue weighted by atomic mass is 10.3. The van der Waals surface area contributed by atoms with E-state index in [2.05, 4.69) is 5.32 Å². The first-order valence-electron chi connectivity index (χ1n) is 4.29. The number of nitrogens with zero attached hydrogens (tertiary/aromatic N) is 1. The van der Waals surface area contributed by atoms with E-state index in [0.717, 1.165) is 10.4 Å². The third-order valence-corrected chi connectivity index (χ3v) is 3.80. The van der Waals surface area contributed by atoms with Gasteiger partial charge in [0.1, 0.15) is 5.82 Å². The Balaban J connectivity index is 3.25. The van der Waals surface area contributed by atoms with Crippen molar-refractivity contribution in [3.05, 3.63) is 24.0 Å². The fourth-order valence-electron chi connectivity index (χ4n) is 1.07. The maximum absolute atomic E-state index is 13.3. The third kappa shape index (κ3) is 2.27. The van der Waals surface area contributed by atoms with E-state index >= 15 is 0 Å². The van der Waals surface area contributed by atoms with Crippen LogP contribution in [0.1, 0.15) is 0 Å². The molecule has 0 bridgehead atoms. The smallest absolute Gasteiger partial charge is 0.242 e. The Kier molecular flexibility index (Phi) is 3.31. The van der Waals surface area contributed by atoms with Crippen LogP contribution in [0.4, 0.5) is 10.1 Å². The summed E-state index contributed by atoms with van der Waals surface area (Å²) in [5.74, 6) is -0.583. The number of halogens is 1. The van der Waals surface area contributed by atoms with E-state index in [1.165, 1.54) is 26.2 Å². The second-order valence-corrected chi connectivity index (χ2v) is 5.33. The summed E-state index contributed by atoms with van der Waals surface area (Å²) in [4.78, 5) is -0.0519. The number of rotatable bonds is 3. The number of sulfonamides is 1. The van der Waals surface area contributed by atoms with Gasteiger partial charge in [-0.05, 0) is 18.2 Å². The van der Waals surface area contributed by atoms with Crippen molar-refractivity contribution in [1.82, 2.24) is 4.31 Å². The van der Waals surface area contributed by atoms with Crippen molar-refractivity contribution in [2.75, 3.05) is 26.5 Å². The molecule has 0 saturated heterocycles. The summed E-state index contributed by atoms with van der Waals surface area (Å²) >= 11 is 0. The molecule has 1 N–H and O–H groups in total. The third-order valence-electron chi connectivity index (χ3n) is 1.99. The molecule has 15 heavy (non-hydrogen) atoms. The lowest BCUT2D eigenvalue weighted by molar-refractivity contribution is 0.519. The Bertz CT molecular complexity index is 457. The molecule has 1 rings (SSSR count).